The Morgan fingerprint density at radius 2 is 1.88 bits per heavy atom. The van der Waals surface area contributed by atoms with Gasteiger partial charge in [0.05, 0.1) is 13.7 Å². The molecule has 138 valence electrons. The Balaban J connectivity index is 1.94. The first kappa shape index (κ1) is 19.1. The third kappa shape index (κ3) is 6.01. The molecule has 7 nitrogen and oxygen atoms in total. The molecular weight excluding hydrogens is 332 g/mol. The summed E-state index contributed by atoms with van der Waals surface area (Å²) in [7, 11) is 4.99. The number of carbonyl (C=O) groups excluding carboxylic acids is 1. The fourth-order valence-corrected chi connectivity index (χ4v) is 2.07. The largest absolute Gasteiger partial charge is 0.497 e. The van der Waals surface area contributed by atoms with Gasteiger partial charge in [-0.15, -0.1) is 0 Å². The highest BCUT2D eigenvalue weighted by molar-refractivity contribution is 5.92. The van der Waals surface area contributed by atoms with Crippen molar-refractivity contribution in [1.29, 1.82) is 0 Å². The number of nitrogens with zero attached hydrogens (tertiary/aromatic N) is 2. The Bertz CT molecular complexity index is 775. The van der Waals surface area contributed by atoms with Crippen molar-refractivity contribution >= 4 is 17.6 Å². The van der Waals surface area contributed by atoms with Crippen LogP contribution in [0.2, 0.25) is 0 Å². The van der Waals surface area contributed by atoms with Gasteiger partial charge in [0.2, 0.25) is 0 Å². The molecule has 0 aliphatic rings. The zero-order valence-corrected chi connectivity index (χ0v) is 15.2. The van der Waals surface area contributed by atoms with Crippen LogP contribution in [0, 0.1) is 0 Å². The maximum absolute atomic E-state index is 11.6. The lowest BCUT2D eigenvalue weighted by Gasteiger charge is -2.11. The molecule has 0 radical (unpaired) electrons. The molecule has 0 fully saturated rings. The van der Waals surface area contributed by atoms with Crippen LogP contribution in [0.1, 0.15) is 5.56 Å². The van der Waals surface area contributed by atoms with Crippen LogP contribution in [0.5, 0.6) is 11.5 Å². The van der Waals surface area contributed by atoms with Crippen molar-refractivity contribution in [3.8, 4) is 11.5 Å². The van der Waals surface area contributed by atoms with E-state index in [4.69, 9.17) is 15.2 Å². The van der Waals surface area contributed by atoms with Crippen LogP contribution in [0.25, 0.3) is 0 Å². The first-order valence-electron chi connectivity index (χ1n) is 8.11. The van der Waals surface area contributed by atoms with Gasteiger partial charge in [0, 0.05) is 25.8 Å². The first-order chi connectivity index (χ1) is 12.5. The zero-order chi connectivity index (χ0) is 18.9. The molecule has 1 amide bonds. The van der Waals surface area contributed by atoms with E-state index in [1.54, 1.807) is 27.3 Å². The van der Waals surface area contributed by atoms with E-state index in [1.807, 2.05) is 42.5 Å². The van der Waals surface area contributed by atoms with Crippen molar-refractivity contribution in [2.24, 2.45) is 10.7 Å². The van der Waals surface area contributed by atoms with Crippen molar-refractivity contribution in [3.63, 3.8) is 0 Å². The number of amides is 1. The predicted molar refractivity (Wildman–Crippen MR) is 103 cm³/mol. The van der Waals surface area contributed by atoms with E-state index in [9.17, 15) is 4.79 Å². The summed E-state index contributed by atoms with van der Waals surface area (Å²) in [6.45, 7) is 0.390. The van der Waals surface area contributed by atoms with E-state index >= 15 is 0 Å². The summed E-state index contributed by atoms with van der Waals surface area (Å²) in [6.07, 6.45) is 0. The van der Waals surface area contributed by atoms with Crippen molar-refractivity contribution in [2.45, 2.75) is 6.54 Å². The number of methoxy groups -OCH3 is 1. The highest BCUT2D eigenvalue weighted by atomic mass is 16.5. The number of benzene rings is 2. The van der Waals surface area contributed by atoms with E-state index in [0.29, 0.717) is 18.3 Å². The highest BCUT2D eigenvalue weighted by Crippen LogP contribution is 2.17. The minimum Gasteiger partial charge on any atom is -0.497 e. The summed E-state index contributed by atoms with van der Waals surface area (Å²) in [5.41, 5.74) is 7.65. The average molecular weight is 356 g/mol. The Labute approximate surface area is 153 Å². The van der Waals surface area contributed by atoms with Crippen molar-refractivity contribution in [1.82, 2.24) is 4.90 Å². The number of aliphatic imine (C=N–C) groups is 1. The van der Waals surface area contributed by atoms with Gasteiger partial charge in [0.15, 0.2) is 12.6 Å². The minimum absolute atomic E-state index is 0.000738. The van der Waals surface area contributed by atoms with E-state index in [0.717, 1.165) is 17.0 Å². The molecule has 0 aliphatic heterocycles. The molecule has 0 saturated heterocycles. The lowest BCUT2D eigenvalue weighted by molar-refractivity contribution is -0.130. The third-order valence-electron chi connectivity index (χ3n) is 3.53. The molecule has 3 N–H and O–H groups in total. The molecular formula is C19H24N4O3. The number of likely N-dealkylation sites (N-methyl/N-ethyl adjacent to an activating group) is 1. The number of ether oxygens (including phenoxy) is 2. The van der Waals surface area contributed by atoms with E-state index in [2.05, 4.69) is 10.3 Å². The summed E-state index contributed by atoms with van der Waals surface area (Å²) in [5, 5.41) is 3.02. The number of guanidine groups is 1. The van der Waals surface area contributed by atoms with Crippen LogP contribution in [-0.2, 0) is 11.3 Å². The van der Waals surface area contributed by atoms with Crippen LogP contribution >= 0.6 is 0 Å². The second-order valence-electron chi connectivity index (χ2n) is 5.78. The van der Waals surface area contributed by atoms with Gasteiger partial charge >= 0.3 is 0 Å². The lowest BCUT2D eigenvalue weighted by atomic mass is 10.2. The Morgan fingerprint density at radius 1 is 1.15 bits per heavy atom. The highest BCUT2D eigenvalue weighted by Gasteiger charge is 2.05. The summed E-state index contributed by atoms with van der Waals surface area (Å²) < 4.78 is 10.7. The standard InChI is InChI=1S/C19H24N4O3/c1-23(2)18(24)13-26-17-9-4-6-14(10-17)12-21-19(20)22-15-7-5-8-16(11-15)25-3/h4-11H,12-13H2,1-3H3,(H3,20,21,22). The molecule has 0 spiro atoms. The Morgan fingerprint density at radius 3 is 2.62 bits per heavy atom. The number of rotatable bonds is 7. The number of hydrogen-bond donors (Lipinski definition) is 2. The van der Waals surface area contributed by atoms with Crippen LogP contribution in [0.3, 0.4) is 0 Å². The summed E-state index contributed by atoms with van der Waals surface area (Å²) in [4.78, 5) is 17.4. The summed E-state index contributed by atoms with van der Waals surface area (Å²) >= 11 is 0. The van der Waals surface area contributed by atoms with Gasteiger partial charge in [-0.05, 0) is 29.8 Å². The number of carbonyl (C=O) groups is 1. The molecule has 0 unspecified atom stereocenters. The zero-order valence-electron chi connectivity index (χ0n) is 15.2. The summed E-state index contributed by atoms with van der Waals surface area (Å²) in [5.74, 6) is 1.56. The average Bonchev–Trinajstić information content (AvgIpc) is 2.65. The minimum atomic E-state index is -0.0971. The quantitative estimate of drug-likeness (QED) is 0.586. The molecule has 0 saturated carbocycles. The van der Waals surface area contributed by atoms with Gasteiger partial charge in [-0.3, -0.25) is 4.79 Å². The number of nitrogens with two attached hydrogens (primary N) is 1. The lowest BCUT2D eigenvalue weighted by Crippen LogP contribution is -2.27. The van der Waals surface area contributed by atoms with Crippen molar-refractivity contribution in [2.75, 3.05) is 33.1 Å². The second-order valence-corrected chi connectivity index (χ2v) is 5.78. The topological polar surface area (TPSA) is 89.2 Å². The van der Waals surface area contributed by atoms with Crippen LogP contribution < -0.4 is 20.5 Å². The van der Waals surface area contributed by atoms with Gasteiger partial charge in [0.1, 0.15) is 11.5 Å². The van der Waals surface area contributed by atoms with Gasteiger partial charge in [-0.2, -0.15) is 0 Å². The molecule has 0 bridgehead atoms. The first-order valence-corrected chi connectivity index (χ1v) is 8.11. The molecule has 2 aromatic carbocycles. The molecule has 0 aromatic heterocycles. The second kappa shape index (κ2) is 9.31. The number of anilines is 1. The maximum Gasteiger partial charge on any atom is 0.259 e. The normalized spacial score (nSPS) is 11.0. The molecule has 0 heterocycles. The Kier molecular flexibility index (Phi) is 6.84. The fraction of sp³-hybridized carbons (Fsp3) is 0.263. The van der Waals surface area contributed by atoms with Crippen LogP contribution in [-0.4, -0.2) is 44.6 Å². The maximum atomic E-state index is 11.6. The molecule has 26 heavy (non-hydrogen) atoms. The van der Waals surface area contributed by atoms with Gasteiger partial charge in [-0.25, -0.2) is 4.99 Å². The number of hydrogen-bond acceptors (Lipinski definition) is 4. The smallest absolute Gasteiger partial charge is 0.259 e. The van der Waals surface area contributed by atoms with E-state index < -0.39 is 0 Å². The third-order valence-corrected chi connectivity index (χ3v) is 3.53. The summed E-state index contributed by atoms with van der Waals surface area (Å²) in [6, 6.07) is 14.8. The Hall–Kier alpha value is -3.22. The molecule has 2 rings (SSSR count). The number of nitrogens with one attached hydrogen (secondary N) is 1. The fourth-order valence-electron chi connectivity index (χ4n) is 2.07. The molecule has 2 aromatic rings. The van der Waals surface area contributed by atoms with Crippen molar-refractivity contribution < 1.29 is 14.3 Å². The van der Waals surface area contributed by atoms with Gasteiger partial charge in [0.25, 0.3) is 5.91 Å². The van der Waals surface area contributed by atoms with Crippen molar-refractivity contribution in [3.05, 3.63) is 54.1 Å². The predicted octanol–water partition coefficient (Wildman–Crippen LogP) is 2.09. The molecule has 7 heteroatoms. The van der Waals surface area contributed by atoms with Crippen LogP contribution in [0.15, 0.2) is 53.5 Å². The molecule has 0 atom stereocenters. The van der Waals surface area contributed by atoms with Gasteiger partial charge in [-0.1, -0.05) is 18.2 Å². The van der Waals surface area contributed by atoms with Gasteiger partial charge < -0.3 is 25.4 Å². The monoisotopic (exact) mass is 356 g/mol. The van der Waals surface area contributed by atoms with Crippen LogP contribution in [0.4, 0.5) is 5.69 Å². The van der Waals surface area contributed by atoms with E-state index in [-0.39, 0.29) is 12.5 Å². The van der Waals surface area contributed by atoms with E-state index in [1.165, 1.54) is 4.90 Å². The molecule has 0 aliphatic carbocycles. The SMILES string of the molecule is COc1cccc(NC(N)=NCc2cccc(OCC(=O)N(C)C)c2)c1.